The molecule has 0 amide bonds. The number of rotatable bonds is 7. The molecule has 1 fully saturated rings. The molecule has 1 aromatic carbocycles. The zero-order valence-corrected chi connectivity index (χ0v) is 13.3. The van der Waals surface area contributed by atoms with Gasteiger partial charge in [0.05, 0.1) is 0 Å². The number of nitrogens with zero attached hydrogens (tertiary/aromatic N) is 2. The molecule has 2 N–H and O–H groups in total. The number of nitrogens with two attached hydrogens (primary N) is 1. The Bertz CT molecular complexity index is 444. The van der Waals surface area contributed by atoms with E-state index in [0.29, 0.717) is 5.56 Å². The van der Waals surface area contributed by atoms with Crippen molar-refractivity contribution in [3.8, 4) is 0 Å². The van der Waals surface area contributed by atoms with E-state index in [2.05, 4.69) is 16.8 Å². The van der Waals surface area contributed by atoms with Crippen LogP contribution in [0.15, 0.2) is 18.2 Å². The van der Waals surface area contributed by atoms with Crippen molar-refractivity contribution < 1.29 is 4.39 Å². The molecule has 1 heterocycles. The molecular weight excluding hydrogens is 265 g/mol. The van der Waals surface area contributed by atoms with Crippen molar-refractivity contribution in [1.29, 1.82) is 0 Å². The summed E-state index contributed by atoms with van der Waals surface area (Å²) >= 11 is 0. The van der Waals surface area contributed by atoms with Gasteiger partial charge >= 0.3 is 0 Å². The summed E-state index contributed by atoms with van der Waals surface area (Å²) in [6.45, 7) is 7.44. The molecule has 1 aromatic rings. The summed E-state index contributed by atoms with van der Waals surface area (Å²) in [5.74, 6) is -0.162. The van der Waals surface area contributed by atoms with Gasteiger partial charge in [-0.1, -0.05) is 12.1 Å². The maximum absolute atomic E-state index is 13.6. The minimum Gasteiger partial charge on any atom is -0.324 e. The SMILES string of the molecule is Cc1ccc(C(N)CCN(C)CCN2CCCC2)cc1F. The molecule has 1 saturated heterocycles. The molecule has 3 nitrogen and oxygen atoms in total. The highest BCUT2D eigenvalue weighted by molar-refractivity contribution is 5.25. The number of halogens is 1. The number of likely N-dealkylation sites (N-methyl/N-ethyl adjacent to an activating group) is 1. The molecule has 2 rings (SSSR count). The molecule has 1 unspecified atom stereocenters. The lowest BCUT2D eigenvalue weighted by Gasteiger charge is -2.22. The Labute approximate surface area is 127 Å². The first-order valence-electron chi connectivity index (χ1n) is 7.99. The van der Waals surface area contributed by atoms with Gasteiger partial charge in [0.1, 0.15) is 5.82 Å². The summed E-state index contributed by atoms with van der Waals surface area (Å²) < 4.78 is 13.6. The fourth-order valence-corrected chi connectivity index (χ4v) is 2.80. The summed E-state index contributed by atoms with van der Waals surface area (Å²) in [4.78, 5) is 4.84. The van der Waals surface area contributed by atoms with Crippen LogP contribution in [0.5, 0.6) is 0 Å². The first-order chi connectivity index (χ1) is 10.1. The summed E-state index contributed by atoms with van der Waals surface area (Å²) in [7, 11) is 2.14. The first kappa shape index (κ1) is 16.4. The average Bonchev–Trinajstić information content (AvgIpc) is 2.98. The van der Waals surface area contributed by atoms with Crippen LogP contribution in [0, 0.1) is 12.7 Å². The highest BCUT2D eigenvalue weighted by Crippen LogP contribution is 2.17. The molecule has 0 radical (unpaired) electrons. The third-order valence-corrected chi connectivity index (χ3v) is 4.44. The Morgan fingerprint density at radius 1 is 1.29 bits per heavy atom. The van der Waals surface area contributed by atoms with E-state index in [-0.39, 0.29) is 11.9 Å². The van der Waals surface area contributed by atoms with Crippen molar-refractivity contribution in [2.24, 2.45) is 5.73 Å². The summed E-state index contributed by atoms with van der Waals surface area (Å²) in [6, 6.07) is 5.23. The number of likely N-dealkylation sites (tertiary alicyclic amines) is 1. The van der Waals surface area contributed by atoms with Crippen molar-refractivity contribution in [3.05, 3.63) is 35.1 Å². The molecule has 0 saturated carbocycles. The van der Waals surface area contributed by atoms with Gasteiger partial charge in [-0.15, -0.1) is 0 Å². The maximum atomic E-state index is 13.6. The second-order valence-corrected chi connectivity index (χ2v) is 6.26. The number of benzene rings is 1. The van der Waals surface area contributed by atoms with Crippen LogP contribution in [0.25, 0.3) is 0 Å². The molecule has 118 valence electrons. The zero-order chi connectivity index (χ0) is 15.2. The van der Waals surface area contributed by atoms with Gasteiger partial charge in [-0.2, -0.15) is 0 Å². The second kappa shape index (κ2) is 7.87. The first-order valence-corrected chi connectivity index (χ1v) is 7.99. The van der Waals surface area contributed by atoms with E-state index in [4.69, 9.17) is 5.73 Å². The van der Waals surface area contributed by atoms with Crippen molar-refractivity contribution in [2.75, 3.05) is 39.8 Å². The average molecular weight is 293 g/mol. The molecule has 4 heteroatoms. The smallest absolute Gasteiger partial charge is 0.126 e. The molecule has 0 bridgehead atoms. The maximum Gasteiger partial charge on any atom is 0.126 e. The van der Waals surface area contributed by atoms with E-state index >= 15 is 0 Å². The quantitative estimate of drug-likeness (QED) is 0.838. The molecule has 1 atom stereocenters. The minimum absolute atomic E-state index is 0.0886. The third kappa shape index (κ3) is 5.06. The molecule has 0 spiro atoms. The van der Waals surface area contributed by atoms with Crippen LogP contribution in [0.1, 0.15) is 36.4 Å². The van der Waals surface area contributed by atoms with Gasteiger partial charge in [0, 0.05) is 19.1 Å². The van der Waals surface area contributed by atoms with Crippen molar-refractivity contribution in [1.82, 2.24) is 9.80 Å². The Hall–Kier alpha value is -0.970. The molecule has 0 aromatic heterocycles. The summed E-state index contributed by atoms with van der Waals surface area (Å²) in [5.41, 5.74) is 7.75. The minimum atomic E-state index is -0.162. The number of hydrogen-bond donors (Lipinski definition) is 1. The lowest BCUT2D eigenvalue weighted by molar-refractivity contribution is 0.251. The monoisotopic (exact) mass is 293 g/mol. The van der Waals surface area contributed by atoms with Crippen LogP contribution in [-0.2, 0) is 0 Å². The van der Waals surface area contributed by atoms with Crippen LogP contribution in [0.2, 0.25) is 0 Å². The Balaban J connectivity index is 1.71. The van der Waals surface area contributed by atoms with Gasteiger partial charge in [-0.3, -0.25) is 0 Å². The van der Waals surface area contributed by atoms with E-state index in [0.717, 1.165) is 31.6 Å². The standard InChI is InChI=1S/C17H28FN3/c1-14-5-6-15(13-16(14)18)17(19)7-10-20(2)11-12-21-8-3-4-9-21/h5-6,13,17H,3-4,7-12,19H2,1-2H3. The van der Waals surface area contributed by atoms with Crippen molar-refractivity contribution >= 4 is 0 Å². The largest absolute Gasteiger partial charge is 0.324 e. The fraction of sp³-hybridized carbons (Fsp3) is 0.647. The van der Waals surface area contributed by atoms with Crippen molar-refractivity contribution in [3.63, 3.8) is 0 Å². The van der Waals surface area contributed by atoms with Gasteiger partial charge in [-0.25, -0.2) is 4.39 Å². The van der Waals surface area contributed by atoms with Crippen LogP contribution in [-0.4, -0.2) is 49.6 Å². The van der Waals surface area contributed by atoms with Gasteiger partial charge in [0.2, 0.25) is 0 Å². The third-order valence-electron chi connectivity index (χ3n) is 4.44. The molecule has 21 heavy (non-hydrogen) atoms. The predicted octanol–water partition coefficient (Wildman–Crippen LogP) is 2.55. The fourth-order valence-electron chi connectivity index (χ4n) is 2.80. The number of aryl methyl sites for hydroxylation is 1. The molecule has 1 aliphatic heterocycles. The van der Waals surface area contributed by atoms with E-state index in [1.165, 1.54) is 25.9 Å². The van der Waals surface area contributed by atoms with Crippen LogP contribution in [0.4, 0.5) is 4.39 Å². The van der Waals surface area contributed by atoms with E-state index in [9.17, 15) is 4.39 Å². The Morgan fingerprint density at radius 2 is 2.00 bits per heavy atom. The van der Waals surface area contributed by atoms with Crippen LogP contribution >= 0.6 is 0 Å². The Morgan fingerprint density at radius 3 is 2.67 bits per heavy atom. The van der Waals surface area contributed by atoms with Crippen LogP contribution in [0.3, 0.4) is 0 Å². The normalized spacial score (nSPS) is 17.6. The topological polar surface area (TPSA) is 32.5 Å². The molecular formula is C17H28FN3. The van der Waals surface area contributed by atoms with Gasteiger partial charge < -0.3 is 15.5 Å². The summed E-state index contributed by atoms with van der Waals surface area (Å²) in [6.07, 6.45) is 3.54. The van der Waals surface area contributed by atoms with Crippen molar-refractivity contribution in [2.45, 2.75) is 32.2 Å². The number of hydrogen-bond acceptors (Lipinski definition) is 3. The molecule has 0 aliphatic carbocycles. The van der Waals surface area contributed by atoms with Gasteiger partial charge in [-0.05, 0) is 70.1 Å². The lowest BCUT2D eigenvalue weighted by Crippen LogP contribution is -2.33. The van der Waals surface area contributed by atoms with Gasteiger partial charge in [0.15, 0.2) is 0 Å². The van der Waals surface area contributed by atoms with E-state index in [1.54, 1.807) is 13.0 Å². The predicted molar refractivity (Wildman–Crippen MR) is 85.9 cm³/mol. The van der Waals surface area contributed by atoms with Crippen LogP contribution < -0.4 is 5.73 Å². The second-order valence-electron chi connectivity index (χ2n) is 6.26. The van der Waals surface area contributed by atoms with E-state index in [1.807, 2.05) is 12.1 Å². The lowest BCUT2D eigenvalue weighted by atomic mass is 10.0. The highest BCUT2D eigenvalue weighted by Gasteiger charge is 2.13. The highest BCUT2D eigenvalue weighted by atomic mass is 19.1. The molecule has 1 aliphatic rings. The van der Waals surface area contributed by atoms with Gasteiger partial charge in [0.25, 0.3) is 0 Å². The Kier molecular flexibility index (Phi) is 6.15. The van der Waals surface area contributed by atoms with E-state index < -0.39 is 0 Å². The summed E-state index contributed by atoms with van der Waals surface area (Å²) in [5, 5.41) is 0. The zero-order valence-electron chi connectivity index (χ0n) is 13.3.